The lowest BCUT2D eigenvalue weighted by Gasteiger charge is -2.32. The van der Waals surface area contributed by atoms with Crippen LogP contribution in [0.25, 0.3) is 0 Å². The number of rotatable bonds is 7. The van der Waals surface area contributed by atoms with Crippen molar-refractivity contribution in [2.45, 2.75) is 38.3 Å². The number of piperidine rings is 1. The Balaban J connectivity index is 1.41. The normalized spacial score (nSPS) is 17.7. The van der Waals surface area contributed by atoms with Crippen LogP contribution in [0.2, 0.25) is 0 Å². The van der Waals surface area contributed by atoms with Crippen LogP contribution in [0.4, 0.5) is 0 Å². The fourth-order valence-corrected chi connectivity index (χ4v) is 3.99. The second-order valence-corrected chi connectivity index (χ2v) is 7.49. The van der Waals surface area contributed by atoms with E-state index in [1.165, 1.54) is 29.7 Å². The van der Waals surface area contributed by atoms with Gasteiger partial charge in [0, 0.05) is 56.2 Å². The second-order valence-electron chi connectivity index (χ2n) is 7.49. The summed E-state index contributed by atoms with van der Waals surface area (Å²) in [5.74, 6) is 1.22. The first-order valence-corrected chi connectivity index (χ1v) is 9.89. The van der Waals surface area contributed by atoms with Crippen LogP contribution in [0.15, 0.2) is 48.9 Å². The van der Waals surface area contributed by atoms with Crippen molar-refractivity contribution in [3.63, 3.8) is 0 Å². The lowest BCUT2D eigenvalue weighted by molar-refractivity contribution is 0.177. The van der Waals surface area contributed by atoms with Gasteiger partial charge in [-0.1, -0.05) is 30.3 Å². The van der Waals surface area contributed by atoms with E-state index in [0.29, 0.717) is 12.5 Å². The van der Waals surface area contributed by atoms with E-state index in [-0.39, 0.29) is 0 Å². The molecule has 1 aliphatic heterocycles. The summed E-state index contributed by atoms with van der Waals surface area (Å²) in [5.41, 5.74) is 5.08. The van der Waals surface area contributed by atoms with Crippen LogP contribution in [0.5, 0.6) is 0 Å². The standard InChI is InChI=1S/C22H27N5O/c1-28-16-21-23-11-18(12-24-21)14-27-9-5-8-19(15-27)22-20(13-25-26-22)10-17-6-3-2-4-7-17/h2-4,6-7,11-13,19H,5,8-10,14-16H2,1H3,(H,25,26)/t19-/m1/s1. The van der Waals surface area contributed by atoms with E-state index in [1.54, 1.807) is 7.11 Å². The smallest absolute Gasteiger partial charge is 0.153 e. The summed E-state index contributed by atoms with van der Waals surface area (Å²) in [6, 6.07) is 10.6. The van der Waals surface area contributed by atoms with Crippen LogP contribution < -0.4 is 0 Å². The average molecular weight is 377 g/mol. The number of ether oxygens (including phenoxy) is 1. The molecule has 1 atom stereocenters. The van der Waals surface area contributed by atoms with Gasteiger partial charge in [0.05, 0.1) is 6.20 Å². The molecule has 4 rings (SSSR count). The van der Waals surface area contributed by atoms with Gasteiger partial charge in [0.2, 0.25) is 0 Å². The summed E-state index contributed by atoms with van der Waals surface area (Å²) in [4.78, 5) is 11.3. The minimum absolute atomic E-state index is 0.454. The molecule has 0 spiro atoms. The molecule has 146 valence electrons. The van der Waals surface area contributed by atoms with Crippen LogP contribution in [0, 0.1) is 0 Å². The van der Waals surface area contributed by atoms with Gasteiger partial charge in [-0.15, -0.1) is 0 Å². The molecule has 6 heteroatoms. The largest absolute Gasteiger partial charge is 0.377 e. The molecule has 28 heavy (non-hydrogen) atoms. The second kappa shape index (κ2) is 9.08. The van der Waals surface area contributed by atoms with Crippen LogP contribution in [-0.4, -0.2) is 45.3 Å². The average Bonchev–Trinajstić information content (AvgIpc) is 3.19. The third-order valence-electron chi connectivity index (χ3n) is 5.34. The highest BCUT2D eigenvalue weighted by molar-refractivity contribution is 5.29. The molecular formula is C22H27N5O. The number of nitrogens with zero attached hydrogens (tertiary/aromatic N) is 4. The maximum absolute atomic E-state index is 5.08. The molecule has 0 bridgehead atoms. The third kappa shape index (κ3) is 4.64. The van der Waals surface area contributed by atoms with Crippen LogP contribution in [-0.2, 0) is 24.3 Å². The molecule has 3 aromatic rings. The monoisotopic (exact) mass is 377 g/mol. The molecule has 0 radical (unpaired) electrons. The van der Waals surface area contributed by atoms with E-state index >= 15 is 0 Å². The fourth-order valence-electron chi connectivity index (χ4n) is 3.99. The first-order chi connectivity index (χ1) is 13.8. The van der Waals surface area contributed by atoms with Gasteiger partial charge in [0.25, 0.3) is 0 Å². The van der Waals surface area contributed by atoms with Gasteiger partial charge < -0.3 is 4.74 Å². The zero-order valence-corrected chi connectivity index (χ0v) is 16.3. The first-order valence-electron chi connectivity index (χ1n) is 9.89. The number of aromatic nitrogens is 4. The van der Waals surface area contributed by atoms with Gasteiger partial charge in [-0.3, -0.25) is 10.00 Å². The number of hydrogen-bond donors (Lipinski definition) is 1. The first kappa shape index (κ1) is 18.8. The lowest BCUT2D eigenvalue weighted by atomic mass is 9.90. The van der Waals surface area contributed by atoms with Crippen LogP contribution in [0.3, 0.4) is 0 Å². The topological polar surface area (TPSA) is 66.9 Å². The zero-order valence-electron chi connectivity index (χ0n) is 16.3. The summed E-state index contributed by atoms with van der Waals surface area (Å²) in [6.45, 7) is 3.48. The van der Waals surface area contributed by atoms with Crippen molar-refractivity contribution in [3.05, 3.63) is 77.1 Å². The Kier molecular flexibility index (Phi) is 6.09. The molecule has 6 nitrogen and oxygen atoms in total. The van der Waals surface area contributed by atoms with Gasteiger partial charge in [0.1, 0.15) is 6.61 Å². The summed E-state index contributed by atoms with van der Waals surface area (Å²) in [5, 5.41) is 7.64. The molecule has 1 N–H and O–H groups in total. The van der Waals surface area contributed by atoms with E-state index in [9.17, 15) is 0 Å². The summed E-state index contributed by atoms with van der Waals surface area (Å²) in [6.07, 6.45) is 9.15. The van der Waals surface area contributed by atoms with E-state index in [4.69, 9.17) is 4.74 Å². The Bertz CT molecular complexity index is 862. The number of benzene rings is 1. The maximum Gasteiger partial charge on any atom is 0.153 e. The Morgan fingerprint density at radius 2 is 1.93 bits per heavy atom. The SMILES string of the molecule is COCc1ncc(CN2CCC[C@@H](c3[nH]ncc3Cc3ccccc3)C2)cn1. The number of hydrogen-bond acceptors (Lipinski definition) is 5. The Morgan fingerprint density at radius 3 is 2.71 bits per heavy atom. The number of H-pyrrole nitrogens is 1. The molecule has 0 amide bonds. The van der Waals surface area contributed by atoms with Crippen molar-refractivity contribution < 1.29 is 4.74 Å². The molecule has 0 saturated carbocycles. The molecule has 3 heterocycles. The minimum atomic E-state index is 0.454. The fraction of sp³-hybridized carbons (Fsp3) is 0.409. The van der Waals surface area contributed by atoms with E-state index < -0.39 is 0 Å². The summed E-state index contributed by atoms with van der Waals surface area (Å²) < 4.78 is 5.08. The maximum atomic E-state index is 5.08. The molecule has 1 aromatic carbocycles. The number of nitrogens with one attached hydrogen (secondary N) is 1. The Labute approximate surface area is 166 Å². The quantitative estimate of drug-likeness (QED) is 0.684. The molecular weight excluding hydrogens is 350 g/mol. The predicted molar refractivity (Wildman–Crippen MR) is 108 cm³/mol. The van der Waals surface area contributed by atoms with Crippen molar-refractivity contribution >= 4 is 0 Å². The summed E-state index contributed by atoms with van der Waals surface area (Å²) >= 11 is 0. The Morgan fingerprint density at radius 1 is 1.11 bits per heavy atom. The van der Waals surface area contributed by atoms with Crippen molar-refractivity contribution in [2.75, 3.05) is 20.2 Å². The van der Waals surface area contributed by atoms with Crippen molar-refractivity contribution in [3.8, 4) is 0 Å². The van der Waals surface area contributed by atoms with Crippen molar-refractivity contribution in [1.82, 2.24) is 25.1 Å². The van der Waals surface area contributed by atoms with Crippen LogP contribution in [0.1, 0.15) is 47.0 Å². The number of likely N-dealkylation sites (tertiary alicyclic amines) is 1. The molecule has 1 fully saturated rings. The molecule has 0 unspecified atom stereocenters. The van der Waals surface area contributed by atoms with Gasteiger partial charge in [0.15, 0.2) is 5.82 Å². The Hall–Kier alpha value is -2.57. The van der Waals surface area contributed by atoms with E-state index in [1.807, 2.05) is 18.6 Å². The molecule has 0 aliphatic carbocycles. The highest BCUT2D eigenvalue weighted by atomic mass is 16.5. The van der Waals surface area contributed by atoms with E-state index in [2.05, 4.69) is 55.4 Å². The van der Waals surface area contributed by atoms with Crippen molar-refractivity contribution in [1.29, 1.82) is 0 Å². The van der Waals surface area contributed by atoms with Crippen LogP contribution >= 0.6 is 0 Å². The van der Waals surface area contributed by atoms with Gasteiger partial charge >= 0.3 is 0 Å². The summed E-state index contributed by atoms with van der Waals surface area (Å²) in [7, 11) is 1.66. The number of aromatic amines is 1. The highest BCUT2D eigenvalue weighted by Gasteiger charge is 2.24. The minimum Gasteiger partial charge on any atom is -0.377 e. The molecule has 1 aliphatic rings. The zero-order chi connectivity index (χ0) is 19.2. The third-order valence-corrected chi connectivity index (χ3v) is 5.34. The predicted octanol–water partition coefficient (Wildman–Crippen LogP) is 3.32. The van der Waals surface area contributed by atoms with E-state index in [0.717, 1.165) is 37.4 Å². The van der Waals surface area contributed by atoms with Gasteiger partial charge in [-0.2, -0.15) is 5.10 Å². The van der Waals surface area contributed by atoms with Crippen molar-refractivity contribution in [2.24, 2.45) is 0 Å². The van der Waals surface area contributed by atoms with Gasteiger partial charge in [-0.25, -0.2) is 9.97 Å². The van der Waals surface area contributed by atoms with Gasteiger partial charge in [-0.05, 0) is 30.5 Å². The molecule has 2 aromatic heterocycles. The highest BCUT2D eigenvalue weighted by Crippen LogP contribution is 2.29. The number of methoxy groups -OCH3 is 1. The molecule has 1 saturated heterocycles. The lowest BCUT2D eigenvalue weighted by Crippen LogP contribution is -2.34.